The van der Waals surface area contributed by atoms with E-state index in [9.17, 15) is 9.18 Å². The van der Waals surface area contributed by atoms with Crippen LogP contribution < -0.4 is 14.4 Å². The number of aromatic nitrogens is 3. The molecule has 3 fully saturated rings. The Morgan fingerprint density at radius 3 is 2.73 bits per heavy atom. The molecule has 218 valence electrons. The SMILES string of the molecule is C[C@@H]1Oc2nc(Cl)c(F)c3nc(OCC45CCCN4C[C@H](F)C5)nc(c23)N2CCN(C(=O)OC(C)(C)C)[C@@H](C)[C@@H]12. The third-order valence-corrected chi connectivity index (χ3v) is 8.76. The zero-order valence-corrected chi connectivity index (χ0v) is 24.2. The first-order valence-corrected chi connectivity index (χ1v) is 14.3. The number of piperazine rings is 1. The van der Waals surface area contributed by atoms with Crippen molar-refractivity contribution in [3.05, 3.63) is 11.0 Å². The maximum absolute atomic E-state index is 15.4. The van der Waals surface area contributed by atoms with Crippen molar-refractivity contribution in [1.29, 1.82) is 0 Å². The minimum absolute atomic E-state index is 0.0197. The van der Waals surface area contributed by atoms with Gasteiger partial charge in [-0.25, -0.2) is 13.6 Å². The van der Waals surface area contributed by atoms with Crippen molar-refractivity contribution in [2.75, 3.05) is 37.7 Å². The Morgan fingerprint density at radius 2 is 1.98 bits per heavy atom. The number of alkyl halides is 1. The van der Waals surface area contributed by atoms with Crippen LogP contribution in [0.5, 0.6) is 11.9 Å². The number of fused-ring (bicyclic) bond motifs is 3. The number of ether oxygens (including phenoxy) is 3. The number of anilines is 1. The van der Waals surface area contributed by atoms with Crippen LogP contribution in [-0.4, -0.2) is 99.1 Å². The first kappa shape index (κ1) is 27.4. The Bertz CT molecular complexity index is 1340. The second-order valence-electron chi connectivity index (χ2n) is 12.4. The number of hydrogen-bond acceptors (Lipinski definition) is 9. The van der Waals surface area contributed by atoms with E-state index in [4.69, 9.17) is 30.8 Å². The van der Waals surface area contributed by atoms with Gasteiger partial charge in [0.2, 0.25) is 5.88 Å². The molecule has 0 N–H and O–H groups in total. The Labute approximate surface area is 236 Å². The van der Waals surface area contributed by atoms with E-state index >= 15 is 4.39 Å². The monoisotopic (exact) mass is 580 g/mol. The van der Waals surface area contributed by atoms with Gasteiger partial charge in [0.25, 0.3) is 0 Å². The van der Waals surface area contributed by atoms with E-state index in [1.165, 1.54) is 0 Å². The van der Waals surface area contributed by atoms with Gasteiger partial charge < -0.3 is 24.0 Å². The summed E-state index contributed by atoms with van der Waals surface area (Å²) < 4.78 is 47.8. The predicted octanol–water partition coefficient (Wildman–Crippen LogP) is 4.37. The topological polar surface area (TPSA) is 93.2 Å². The van der Waals surface area contributed by atoms with E-state index < -0.39 is 35.3 Å². The third-order valence-electron chi connectivity index (χ3n) is 8.51. The Balaban J connectivity index is 1.38. The van der Waals surface area contributed by atoms with Gasteiger partial charge in [-0.15, -0.1) is 0 Å². The largest absolute Gasteiger partial charge is 0.472 e. The fourth-order valence-electron chi connectivity index (χ4n) is 6.81. The molecule has 6 heterocycles. The van der Waals surface area contributed by atoms with Crippen molar-refractivity contribution in [3.63, 3.8) is 0 Å². The normalized spacial score (nSPS) is 30.1. The number of hydrogen-bond donors (Lipinski definition) is 0. The van der Waals surface area contributed by atoms with Crippen molar-refractivity contribution < 1.29 is 27.8 Å². The molecule has 3 saturated heterocycles. The van der Waals surface area contributed by atoms with Crippen LogP contribution in [0, 0.1) is 5.82 Å². The van der Waals surface area contributed by atoms with Crippen LogP contribution in [0.4, 0.5) is 19.4 Å². The molecule has 13 heteroatoms. The second-order valence-corrected chi connectivity index (χ2v) is 12.7. The summed E-state index contributed by atoms with van der Waals surface area (Å²) in [5.41, 5.74) is -1.12. The molecular formula is C27H35ClF2N6O4. The van der Waals surface area contributed by atoms with Gasteiger partial charge in [0.05, 0.1) is 17.6 Å². The molecule has 2 aromatic rings. The van der Waals surface area contributed by atoms with Crippen LogP contribution in [-0.2, 0) is 4.74 Å². The number of amides is 1. The quantitative estimate of drug-likeness (QED) is 0.491. The molecule has 40 heavy (non-hydrogen) atoms. The highest BCUT2D eigenvalue weighted by molar-refractivity contribution is 6.30. The molecular weight excluding hydrogens is 546 g/mol. The zero-order valence-electron chi connectivity index (χ0n) is 23.4. The molecule has 10 nitrogen and oxygen atoms in total. The van der Waals surface area contributed by atoms with Crippen molar-refractivity contribution in [1.82, 2.24) is 24.8 Å². The number of pyridine rings is 1. The van der Waals surface area contributed by atoms with Gasteiger partial charge in [0.1, 0.15) is 41.2 Å². The van der Waals surface area contributed by atoms with Crippen LogP contribution in [0.3, 0.4) is 0 Å². The first-order valence-electron chi connectivity index (χ1n) is 13.9. The van der Waals surface area contributed by atoms with Crippen LogP contribution >= 0.6 is 11.6 Å². The lowest BCUT2D eigenvalue weighted by atomic mass is 9.95. The van der Waals surface area contributed by atoms with Gasteiger partial charge in [-0.1, -0.05) is 11.6 Å². The molecule has 0 spiro atoms. The van der Waals surface area contributed by atoms with E-state index in [2.05, 4.69) is 14.9 Å². The van der Waals surface area contributed by atoms with Gasteiger partial charge in [-0.2, -0.15) is 15.0 Å². The average molecular weight is 581 g/mol. The summed E-state index contributed by atoms with van der Waals surface area (Å²) in [5, 5.41) is -0.0721. The summed E-state index contributed by atoms with van der Waals surface area (Å²) in [6.45, 7) is 11.4. The summed E-state index contributed by atoms with van der Waals surface area (Å²) in [4.78, 5) is 32.2. The molecule has 4 aliphatic heterocycles. The Kier molecular flexibility index (Phi) is 6.64. The number of carbonyl (C=O) groups is 1. The number of carbonyl (C=O) groups excluding carboxylic acids is 1. The highest BCUT2D eigenvalue weighted by Crippen LogP contribution is 2.43. The fourth-order valence-corrected chi connectivity index (χ4v) is 6.98. The summed E-state index contributed by atoms with van der Waals surface area (Å²) in [5.74, 6) is -0.273. The van der Waals surface area contributed by atoms with Gasteiger partial charge in [0, 0.05) is 26.1 Å². The molecule has 0 saturated carbocycles. The van der Waals surface area contributed by atoms with Gasteiger partial charge >= 0.3 is 12.1 Å². The molecule has 4 aliphatic rings. The maximum Gasteiger partial charge on any atom is 0.410 e. The molecule has 0 aliphatic carbocycles. The van der Waals surface area contributed by atoms with E-state index in [-0.39, 0.29) is 41.3 Å². The summed E-state index contributed by atoms with van der Waals surface area (Å²) >= 11 is 6.18. The first-order chi connectivity index (χ1) is 18.9. The Hall–Kier alpha value is -2.73. The van der Waals surface area contributed by atoms with Gasteiger partial charge in [0.15, 0.2) is 11.0 Å². The highest BCUT2D eigenvalue weighted by atomic mass is 35.5. The van der Waals surface area contributed by atoms with E-state index in [0.717, 1.165) is 19.4 Å². The van der Waals surface area contributed by atoms with Crippen LogP contribution in [0.1, 0.15) is 53.9 Å². The van der Waals surface area contributed by atoms with Crippen molar-refractivity contribution in [2.45, 2.75) is 89.4 Å². The third kappa shape index (κ3) is 4.56. The zero-order chi connectivity index (χ0) is 28.6. The minimum Gasteiger partial charge on any atom is -0.472 e. The van der Waals surface area contributed by atoms with E-state index in [1.54, 1.807) is 4.90 Å². The standard InChI is InChI=1S/C27H35ClF2N6O4/c1-14-20-15(2)39-23-17-19(18(30)21(28)32-23)31-24(38-13-27-7-6-8-34(27)12-16(29)11-27)33-22(17)36(20)10-9-35(14)25(37)40-26(3,4)5/h14-16,20H,6-13H2,1-5H3/t14-,15-,16+,20-,27?/m0/s1. The molecule has 5 atom stereocenters. The molecule has 0 radical (unpaired) electrons. The highest BCUT2D eigenvalue weighted by Gasteiger charge is 2.50. The molecule has 0 bridgehead atoms. The summed E-state index contributed by atoms with van der Waals surface area (Å²) in [6, 6.07) is -0.725. The number of halogens is 3. The van der Waals surface area contributed by atoms with E-state index in [1.807, 2.05) is 39.5 Å². The number of nitrogens with zero attached hydrogens (tertiary/aromatic N) is 6. The van der Waals surface area contributed by atoms with Crippen molar-refractivity contribution in [3.8, 4) is 11.9 Å². The van der Waals surface area contributed by atoms with Crippen LogP contribution in [0.2, 0.25) is 5.15 Å². The van der Waals surface area contributed by atoms with Gasteiger partial charge in [-0.05, 0) is 54.0 Å². The molecule has 2 aromatic heterocycles. The smallest absolute Gasteiger partial charge is 0.410 e. The molecule has 0 aromatic carbocycles. The van der Waals surface area contributed by atoms with Crippen LogP contribution in [0.15, 0.2) is 0 Å². The fraction of sp³-hybridized carbons (Fsp3) is 0.704. The second kappa shape index (κ2) is 9.68. The lowest BCUT2D eigenvalue weighted by molar-refractivity contribution is 0.00449. The lowest BCUT2D eigenvalue weighted by Gasteiger charge is -2.47. The van der Waals surface area contributed by atoms with Crippen LogP contribution in [0.25, 0.3) is 10.9 Å². The summed E-state index contributed by atoms with van der Waals surface area (Å²) in [6.07, 6.45) is 0.385. The van der Waals surface area contributed by atoms with Gasteiger partial charge in [-0.3, -0.25) is 4.90 Å². The Morgan fingerprint density at radius 1 is 1.20 bits per heavy atom. The van der Waals surface area contributed by atoms with E-state index in [0.29, 0.717) is 37.3 Å². The minimum atomic E-state index is -0.905. The van der Waals surface area contributed by atoms with Crippen molar-refractivity contribution in [2.24, 2.45) is 0 Å². The molecule has 1 unspecified atom stereocenters. The lowest BCUT2D eigenvalue weighted by Crippen LogP contribution is -2.64. The van der Waals surface area contributed by atoms with Crippen molar-refractivity contribution >= 4 is 34.4 Å². The predicted molar refractivity (Wildman–Crippen MR) is 144 cm³/mol. The molecule has 6 rings (SSSR count). The number of rotatable bonds is 3. The maximum atomic E-state index is 15.4. The average Bonchev–Trinajstić information content (AvgIpc) is 3.35. The summed E-state index contributed by atoms with van der Waals surface area (Å²) in [7, 11) is 0. The molecule has 1 amide bonds.